The Hall–Kier alpha value is -2.09. The first-order valence-electron chi connectivity index (χ1n) is 7.98. The van der Waals surface area contributed by atoms with Gasteiger partial charge in [-0.1, -0.05) is 23.8 Å². The average Bonchev–Trinajstić information content (AvgIpc) is 2.99. The summed E-state index contributed by atoms with van der Waals surface area (Å²) in [5.41, 5.74) is 6.75. The molecule has 3 N–H and O–H groups in total. The molecule has 0 spiro atoms. The van der Waals surface area contributed by atoms with Crippen molar-refractivity contribution in [2.45, 2.75) is 28.5 Å². The first-order chi connectivity index (χ1) is 11.9. The van der Waals surface area contributed by atoms with Crippen LogP contribution >= 0.6 is 0 Å². The van der Waals surface area contributed by atoms with Crippen LogP contribution in [0.15, 0.2) is 47.4 Å². The Kier molecular flexibility index (Phi) is 3.57. The summed E-state index contributed by atoms with van der Waals surface area (Å²) in [6.07, 6.45) is 0. The van der Waals surface area contributed by atoms with Crippen LogP contribution in [0, 0.1) is 6.92 Å². The minimum atomic E-state index is -3.67. The van der Waals surface area contributed by atoms with Gasteiger partial charge in [0, 0.05) is 5.92 Å². The summed E-state index contributed by atoms with van der Waals surface area (Å²) in [6, 6.07) is 11.9. The van der Waals surface area contributed by atoms with E-state index in [9.17, 15) is 13.5 Å². The van der Waals surface area contributed by atoms with E-state index in [4.69, 9.17) is 15.2 Å². The zero-order valence-electron chi connectivity index (χ0n) is 13.7. The Labute approximate surface area is 146 Å². The van der Waals surface area contributed by atoms with E-state index in [1.807, 2.05) is 6.92 Å². The highest BCUT2D eigenvalue weighted by atomic mass is 32.2. The summed E-state index contributed by atoms with van der Waals surface area (Å²) < 4.78 is 36.7. The second kappa shape index (κ2) is 5.45. The zero-order valence-corrected chi connectivity index (χ0v) is 14.5. The van der Waals surface area contributed by atoms with E-state index in [1.54, 1.807) is 42.5 Å². The molecule has 2 aromatic carbocycles. The molecule has 3 atom stereocenters. The predicted molar refractivity (Wildman–Crippen MR) is 91.5 cm³/mol. The van der Waals surface area contributed by atoms with Crippen molar-refractivity contribution in [3.63, 3.8) is 0 Å². The fraction of sp³-hybridized carbons (Fsp3) is 0.333. The van der Waals surface area contributed by atoms with Gasteiger partial charge in [0.25, 0.3) is 0 Å². The highest BCUT2D eigenvalue weighted by molar-refractivity contribution is 7.92. The lowest BCUT2D eigenvalue weighted by Crippen LogP contribution is -2.35. The van der Waals surface area contributed by atoms with Crippen molar-refractivity contribution >= 4 is 9.84 Å². The molecule has 0 bridgehead atoms. The molecule has 7 heteroatoms. The lowest BCUT2D eigenvalue weighted by molar-refractivity contribution is 0.174. The first kappa shape index (κ1) is 16.4. The SMILES string of the molecule is Cc1ccc(S(=O)(=O)[C@@H]2[C@H](c3ccc4c(c3)OCO4)[C@@]2(N)CO)cc1. The molecular weight excluding hydrogens is 342 g/mol. The van der Waals surface area contributed by atoms with Crippen LogP contribution in [0.5, 0.6) is 11.5 Å². The third-order valence-corrected chi connectivity index (χ3v) is 7.32. The van der Waals surface area contributed by atoms with Crippen LogP contribution < -0.4 is 15.2 Å². The quantitative estimate of drug-likeness (QED) is 0.853. The van der Waals surface area contributed by atoms with Gasteiger partial charge in [0.15, 0.2) is 21.3 Å². The van der Waals surface area contributed by atoms with Gasteiger partial charge in [0.05, 0.1) is 22.3 Å². The van der Waals surface area contributed by atoms with Gasteiger partial charge in [0.2, 0.25) is 6.79 Å². The normalized spacial score (nSPS) is 27.3. The van der Waals surface area contributed by atoms with Crippen LogP contribution in [0.25, 0.3) is 0 Å². The number of nitrogens with two attached hydrogens (primary N) is 1. The minimum Gasteiger partial charge on any atom is -0.454 e. The number of aryl methyl sites for hydroxylation is 1. The second-order valence-electron chi connectivity index (χ2n) is 6.64. The number of sulfone groups is 1. The second-order valence-corrected chi connectivity index (χ2v) is 8.71. The molecule has 1 heterocycles. The monoisotopic (exact) mass is 361 g/mol. The molecule has 1 saturated carbocycles. The maximum Gasteiger partial charge on any atom is 0.231 e. The average molecular weight is 361 g/mol. The van der Waals surface area contributed by atoms with E-state index in [2.05, 4.69) is 0 Å². The molecule has 25 heavy (non-hydrogen) atoms. The van der Waals surface area contributed by atoms with Crippen LogP contribution in [0.4, 0.5) is 0 Å². The Balaban J connectivity index is 1.73. The van der Waals surface area contributed by atoms with Gasteiger partial charge in [-0.2, -0.15) is 0 Å². The summed E-state index contributed by atoms with van der Waals surface area (Å²) in [5.74, 6) is 0.684. The van der Waals surface area contributed by atoms with E-state index in [0.29, 0.717) is 11.5 Å². The van der Waals surface area contributed by atoms with Crippen molar-refractivity contribution in [3.8, 4) is 11.5 Å². The third-order valence-electron chi connectivity index (χ3n) is 5.02. The first-order valence-corrected chi connectivity index (χ1v) is 9.52. The van der Waals surface area contributed by atoms with Crippen molar-refractivity contribution in [1.82, 2.24) is 0 Å². The van der Waals surface area contributed by atoms with E-state index < -0.39 is 33.2 Å². The van der Waals surface area contributed by atoms with Gasteiger partial charge < -0.3 is 20.3 Å². The Bertz CT molecular complexity index is 925. The predicted octanol–water partition coefficient (Wildman–Crippen LogP) is 1.35. The number of rotatable bonds is 4. The number of hydrogen-bond donors (Lipinski definition) is 2. The molecule has 0 saturated heterocycles. The summed E-state index contributed by atoms with van der Waals surface area (Å²) in [6.45, 7) is 1.62. The summed E-state index contributed by atoms with van der Waals surface area (Å²) in [4.78, 5) is 0.217. The molecule has 1 fully saturated rings. The molecule has 4 rings (SSSR count). The number of ether oxygens (including phenoxy) is 2. The summed E-state index contributed by atoms with van der Waals surface area (Å²) in [5, 5.41) is 8.89. The largest absolute Gasteiger partial charge is 0.454 e. The molecule has 6 nitrogen and oxygen atoms in total. The highest BCUT2D eigenvalue weighted by Crippen LogP contribution is 2.56. The number of aliphatic hydroxyl groups is 1. The van der Waals surface area contributed by atoms with Gasteiger partial charge >= 0.3 is 0 Å². The minimum absolute atomic E-state index is 0.141. The fourth-order valence-corrected chi connectivity index (χ4v) is 5.84. The van der Waals surface area contributed by atoms with Gasteiger partial charge in [-0.25, -0.2) is 8.42 Å². The van der Waals surface area contributed by atoms with Crippen molar-refractivity contribution in [3.05, 3.63) is 53.6 Å². The number of hydrogen-bond acceptors (Lipinski definition) is 6. The van der Waals surface area contributed by atoms with Crippen molar-refractivity contribution < 1.29 is 23.0 Å². The molecule has 2 aromatic rings. The standard InChI is InChI=1S/C18H19NO5S/c1-11-2-5-13(6-3-11)25(21,22)17-16(18(17,19)9-20)12-4-7-14-15(8-12)24-10-23-14/h2-8,16-17,20H,9-10,19H2,1H3/t16-,17+,18-/m0/s1. The highest BCUT2D eigenvalue weighted by Gasteiger charge is 2.69. The van der Waals surface area contributed by atoms with Crippen LogP contribution in [-0.2, 0) is 9.84 Å². The summed E-state index contributed by atoms with van der Waals surface area (Å²) >= 11 is 0. The maximum atomic E-state index is 13.1. The van der Waals surface area contributed by atoms with Crippen LogP contribution in [0.3, 0.4) is 0 Å². The molecule has 0 aromatic heterocycles. The van der Waals surface area contributed by atoms with Gasteiger partial charge in [0.1, 0.15) is 0 Å². The van der Waals surface area contributed by atoms with Crippen LogP contribution in [0.1, 0.15) is 17.0 Å². The molecule has 2 aliphatic rings. The molecule has 132 valence electrons. The Morgan fingerprint density at radius 3 is 2.52 bits per heavy atom. The van der Waals surface area contributed by atoms with Crippen molar-refractivity contribution in [2.24, 2.45) is 5.73 Å². The smallest absolute Gasteiger partial charge is 0.231 e. The Morgan fingerprint density at radius 1 is 1.16 bits per heavy atom. The molecule has 0 unspecified atom stereocenters. The van der Waals surface area contributed by atoms with E-state index in [-0.39, 0.29) is 11.7 Å². The molecule has 1 aliphatic carbocycles. The molecular formula is C18H19NO5S. The third kappa shape index (κ3) is 2.42. The van der Waals surface area contributed by atoms with Crippen LogP contribution in [-0.4, -0.2) is 37.7 Å². The van der Waals surface area contributed by atoms with Gasteiger partial charge in [-0.15, -0.1) is 0 Å². The lowest BCUT2D eigenvalue weighted by atomic mass is 10.1. The van der Waals surface area contributed by atoms with Crippen molar-refractivity contribution in [2.75, 3.05) is 13.4 Å². The van der Waals surface area contributed by atoms with E-state index >= 15 is 0 Å². The Morgan fingerprint density at radius 2 is 1.84 bits per heavy atom. The van der Waals surface area contributed by atoms with E-state index in [0.717, 1.165) is 11.1 Å². The molecule has 0 radical (unpaired) electrons. The van der Waals surface area contributed by atoms with Gasteiger partial charge in [-0.3, -0.25) is 0 Å². The molecule has 0 amide bonds. The number of aliphatic hydroxyl groups excluding tert-OH is 1. The van der Waals surface area contributed by atoms with E-state index in [1.165, 1.54) is 0 Å². The van der Waals surface area contributed by atoms with Crippen molar-refractivity contribution in [1.29, 1.82) is 0 Å². The fourth-order valence-electron chi connectivity index (χ4n) is 3.55. The molecule has 1 aliphatic heterocycles. The topological polar surface area (TPSA) is 98.9 Å². The number of fused-ring (bicyclic) bond motifs is 1. The number of benzene rings is 2. The van der Waals surface area contributed by atoms with Gasteiger partial charge in [-0.05, 0) is 36.8 Å². The maximum absolute atomic E-state index is 13.1. The zero-order chi connectivity index (χ0) is 17.8. The van der Waals surface area contributed by atoms with Crippen LogP contribution in [0.2, 0.25) is 0 Å². The lowest BCUT2D eigenvalue weighted by Gasteiger charge is -2.08. The summed E-state index contributed by atoms with van der Waals surface area (Å²) in [7, 11) is -3.67.